The third-order valence-electron chi connectivity index (χ3n) is 5.86. The second kappa shape index (κ2) is 11.0. The monoisotopic (exact) mass is 488 g/mol. The van der Waals surface area contributed by atoms with Gasteiger partial charge < -0.3 is 18.8 Å². The van der Waals surface area contributed by atoms with Crippen molar-refractivity contribution in [3.8, 4) is 5.75 Å². The van der Waals surface area contributed by atoms with Crippen molar-refractivity contribution >= 4 is 5.91 Å². The first-order valence-electron chi connectivity index (χ1n) is 11.3. The van der Waals surface area contributed by atoms with E-state index in [4.69, 9.17) is 13.9 Å². The van der Waals surface area contributed by atoms with Crippen LogP contribution in [0, 0.1) is 0 Å². The molecule has 1 saturated heterocycles. The Labute approximate surface area is 201 Å². The summed E-state index contributed by atoms with van der Waals surface area (Å²) in [5, 5.41) is 0. The number of ether oxygens (including phenoxy) is 2. The van der Waals surface area contributed by atoms with Crippen LogP contribution in [0.15, 0.2) is 71.3 Å². The molecule has 0 N–H and O–H groups in total. The fourth-order valence-corrected chi connectivity index (χ4v) is 4.10. The first kappa shape index (κ1) is 24.8. The Bertz CT molecular complexity index is 1100. The van der Waals surface area contributed by atoms with Crippen molar-refractivity contribution in [2.24, 2.45) is 0 Å². The topological polar surface area (TPSA) is 55.2 Å². The predicted octanol–water partition coefficient (Wildman–Crippen LogP) is 4.85. The van der Waals surface area contributed by atoms with Gasteiger partial charge in [0.25, 0.3) is 5.91 Å². The first-order valence-corrected chi connectivity index (χ1v) is 11.3. The van der Waals surface area contributed by atoms with Gasteiger partial charge in [0.15, 0.2) is 0 Å². The highest BCUT2D eigenvalue weighted by Gasteiger charge is 2.31. The Morgan fingerprint density at radius 1 is 1.14 bits per heavy atom. The number of methoxy groups -OCH3 is 1. The van der Waals surface area contributed by atoms with Crippen LogP contribution in [0.2, 0.25) is 0 Å². The lowest BCUT2D eigenvalue weighted by Gasteiger charge is -2.35. The number of rotatable bonds is 8. The third-order valence-corrected chi connectivity index (χ3v) is 5.86. The molecular formula is C26H27F3N2O4. The minimum absolute atomic E-state index is 0.175. The summed E-state index contributed by atoms with van der Waals surface area (Å²) in [7, 11) is 1.63. The minimum atomic E-state index is -4.46. The molecule has 9 heteroatoms. The summed E-state index contributed by atoms with van der Waals surface area (Å²) in [4.78, 5) is 17.1. The average Bonchev–Trinajstić information content (AvgIpc) is 3.36. The van der Waals surface area contributed by atoms with Crippen LogP contribution in [-0.2, 0) is 24.0 Å². The Hall–Kier alpha value is -3.30. The number of furan rings is 1. The maximum atomic E-state index is 13.3. The number of morpholine rings is 1. The molecule has 1 atom stereocenters. The van der Waals surface area contributed by atoms with Gasteiger partial charge in [0.05, 0.1) is 38.2 Å². The molecule has 1 aliphatic rings. The summed E-state index contributed by atoms with van der Waals surface area (Å²) in [5.41, 5.74) is 0.488. The molecule has 0 spiro atoms. The van der Waals surface area contributed by atoms with Crippen LogP contribution in [-0.4, -0.2) is 55.2 Å². The summed E-state index contributed by atoms with van der Waals surface area (Å²) in [6.45, 7) is 3.03. The standard InChI is InChI=1S/C26H27F3N2O4/c1-33-22-5-2-4-19(14-22)15-30-11-13-35-24(16-30)18-31(17-23-6-3-12-34-23)25(32)20-7-9-21(10-8-20)26(27,28)29/h2-10,12,14,24H,11,13,15-18H2,1H3. The molecule has 3 aromatic rings. The maximum absolute atomic E-state index is 13.3. The number of halogens is 3. The molecule has 35 heavy (non-hydrogen) atoms. The van der Waals surface area contributed by atoms with Gasteiger partial charge in [-0.15, -0.1) is 0 Å². The largest absolute Gasteiger partial charge is 0.497 e. The first-order chi connectivity index (χ1) is 16.8. The van der Waals surface area contributed by atoms with E-state index in [0.29, 0.717) is 25.5 Å². The molecule has 1 fully saturated rings. The highest BCUT2D eigenvalue weighted by Crippen LogP contribution is 2.29. The molecule has 2 heterocycles. The van der Waals surface area contributed by atoms with E-state index >= 15 is 0 Å². The zero-order chi connectivity index (χ0) is 24.8. The second-order valence-electron chi connectivity index (χ2n) is 8.42. The van der Waals surface area contributed by atoms with Gasteiger partial charge in [-0.3, -0.25) is 9.69 Å². The second-order valence-corrected chi connectivity index (χ2v) is 8.42. The summed E-state index contributed by atoms with van der Waals surface area (Å²) in [6, 6.07) is 15.6. The van der Waals surface area contributed by atoms with E-state index in [-0.39, 0.29) is 30.7 Å². The van der Waals surface area contributed by atoms with Crippen molar-refractivity contribution in [1.29, 1.82) is 0 Å². The molecule has 0 saturated carbocycles. The lowest BCUT2D eigenvalue weighted by atomic mass is 10.1. The molecule has 0 aliphatic carbocycles. The van der Waals surface area contributed by atoms with E-state index in [1.807, 2.05) is 24.3 Å². The number of alkyl halides is 3. The van der Waals surface area contributed by atoms with Crippen molar-refractivity contribution in [1.82, 2.24) is 9.80 Å². The smallest absolute Gasteiger partial charge is 0.416 e. The van der Waals surface area contributed by atoms with E-state index in [1.54, 1.807) is 24.1 Å². The zero-order valence-corrected chi connectivity index (χ0v) is 19.3. The zero-order valence-electron chi connectivity index (χ0n) is 19.3. The number of nitrogens with zero attached hydrogens (tertiary/aromatic N) is 2. The molecule has 1 aliphatic heterocycles. The summed E-state index contributed by atoms with van der Waals surface area (Å²) in [6.07, 6.45) is -3.21. The van der Waals surface area contributed by atoms with Crippen LogP contribution in [0.4, 0.5) is 13.2 Å². The van der Waals surface area contributed by atoms with Crippen molar-refractivity contribution in [3.05, 3.63) is 89.4 Å². The van der Waals surface area contributed by atoms with Crippen molar-refractivity contribution in [2.75, 3.05) is 33.4 Å². The van der Waals surface area contributed by atoms with Gasteiger partial charge in [-0.2, -0.15) is 13.2 Å². The molecule has 1 amide bonds. The Morgan fingerprint density at radius 3 is 2.63 bits per heavy atom. The Balaban J connectivity index is 1.46. The number of carbonyl (C=O) groups is 1. The summed E-state index contributed by atoms with van der Waals surface area (Å²) >= 11 is 0. The molecule has 1 aromatic heterocycles. The van der Waals surface area contributed by atoms with Gasteiger partial charge in [-0.1, -0.05) is 12.1 Å². The molecule has 0 radical (unpaired) electrons. The van der Waals surface area contributed by atoms with Gasteiger partial charge in [0.2, 0.25) is 0 Å². The van der Waals surface area contributed by atoms with E-state index < -0.39 is 11.7 Å². The van der Waals surface area contributed by atoms with Gasteiger partial charge >= 0.3 is 6.18 Å². The van der Waals surface area contributed by atoms with Gasteiger partial charge in [0.1, 0.15) is 11.5 Å². The van der Waals surface area contributed by atoms with Crippen LogP contribution in [0.5, 0.6) is 5.75 Å². The maximum Gasteiger partial charge on any atom is 0.416 e. The lowest BCUT2D eigenvalue weighted by molar-refractivity contribution is -0.137. The minimum Gasteiger partial charge on any atom is -0.497 e. The van der Waals surface area contributed by atoms with Crippen LogP contribution < -0.4 is 4.74 Å². The fraction of sp³-hybridized carbons (Fsp3) is 0.346. The third kappa shape index (κ3) is 6.64. The van der Waals surface area contributed by atoms with Gasteiger partial charge in [0, 0.05) is 31.7 Å². The molecule has 1 unspecified atom stereocenters. The molecule has 186 valence electrons. The van der Waals surface area contributed by atoms with E-state index in [1.165, 1.54) is 18.4 Å². The molecular weight excluding hydrogens is 461 g/mol. The SMILES string of the molecule is COc1cccc(CN2CCOC(CN(Cc3ccco3)C(=O)c3ccc(C(F)(F)F)cc3)C2)c1. The predicted molar refractivity (Wildman–Crippen MR) is 123 cm³/mol. The normalized spacial score (nSPS) is 16.7. The molecule has 0 bridgehead atoms. The summed E-state index contributed by atoms with van der Waals surface area (Å²) < 4.78 is 55.5. The van der Waals surface area contributed by atoms with Crippen LogP contribution in [0.1, 0.15) is 27.2 Å². The van der Waals surface area contributed by atoms with Crippen molar-refractivity contribution < 1.29 is 31.9 Å². The van der Waals surface area contributed by atoms with E-state index in [9.17, 15) is 18.0 Å². The average molecular weight is 489 g/mol. The highest BCUT2D eigenvalue weighted by molar-refractivity contribution is 5.94. The number of hydrogen-bond donors (Lipinski definition) is 0. The van der Waals surface area contributed by atoms with Crippen molar-refractivity contribution in [2.45, 2.75) is 25.4 Å². The quantitative estimate of drug-likeness (QED) is 0.454. The number of amides is 1. The van der Waals surface area contributed by atoms with Crippen LogP contribution >= 0.6 is 0 Å². The Kier molecular flexibility index (Phi) is 7.77. The Morgan fingerprint density at radius 2 is 1.94 bits per heavy atom. The van der Waals surface area contributed by atoms with Gasteiger partial charge in [-0.05, 0) is 54.1 Å². The lowest BCUT2D eigenvalue weighted by Crippen LogP contribution is -2.48. The molecule has 6 nitrogen and oxygen atoms in total. The van der Waals surface area contributed by atoms with Crippen LogP contribution in [0.3, 0.4) is 0 Å². The summed E-state index contributed by atoms with van der Waals surface area (Å²) in [5.74, 6) is 0.983. The van der Waals surface area contributed by atoms with Gasteiger partial charge in [-0.25, -0.2) is 0 Å². The van der Waals surface area contributed by atoms with E-state index in [2.05, 4.69) is 4.90 Å². The fourth-order valence-electron chi connectivity index (χ4n) is 4.10. The van der Waals surface area contributed by atoms with E-state index in [0.717, 1.165) is 30.0 Å². The number of benzene rings is 2. The van der Waals surface area contributed by atoms with Crippen molar-refractivity contribution in [3.63, 3.8) is 0 Å². The van der Waals surface area contributed by atoms with Crippen LogP contribution in [0.25, 0.3) is 0 Å². The molecule has 2 aromatic carbocycles. The number of hydrogen-bond acceptors (Lipinski definition) is 5. The number of carbonyl (C=O) groups excluding carboxylic acids is 1. The highest BCUT2D eigenvalue weighted by atomic mass is 19.4. The molecule has 4 rings (SSSR count).